The van der Waals surface area contributed by atoms with Crippen LogP contribution in [0, 0.1) is 12.3 Å². The standard InChI is InChI=1S/C21H16Br2N2O4/c1-3-10-29-19-16(28-4-2)12-13(17(22)18(19)23)11-15-20(26)24-25(21(15)27)14-8-6-5-7-9-14/h1,5-9,11-12H,4,10H2,2H3,(H,24,26)/b15-11-. The Bertz CT molecular complexity index is 1030. The van der Waals surface area contributed by atoms with Gasteiger partial charge in [0.05, 0.1) is 16.8 Å². The number of carbonyl (C=O) groups excluding carboxylic acids is 2. The van der Waals surface area contributed by atoms with Crippen LogP contribution in [0.5, 0.6) is 11.5 Å². The predicted molar refractivity (Wildman–Crippen MR) is 117 cm³/mol. The van der Waals surface area contributed by atoms with Crippen molar-refractivity contribution >= 4 is 55.4 Å². The number of hydrazine groups is 1. The molecular formula is C21H16Br2N2O4. The number of nitrogens with one attached hydrogen (secondary N) is 1. The monoisotopic (exact) mass is 518 g/mol. The highest BCUT2D eigenvalue weighted by molar-refractivity contribution is 9.13. The molecule has 0 bridgehead atoms. The number of rotatable bonds is 6. The number of benzene rings is 2. The minimum absolute atomic E-state index is 0.00111. The molecule has 29 heavy (non-hydrogen) atoms. The summed E-state index contributed by atoms with van der Waals surface area (Å²) in [5.74, 6) is 2.34. The van der Waals surface area contributed by atoms with E-state index in [0.717, 1.165) is 0 Å². The molecule has 1 saturated heterocycles. The van der Waals surface area contributed by atoms with Crippen LogP contribution in [0.2, 0.25) is 0 Å². The van der Waals surface area contributed by atoms with Crippen molar-refractivity contribution in [1.29, 1.82) is 0 Å². The molecule has 0 atom stereocenters. The quantitative estimate of drug-likeness (QED) is 0.354. The largest absolute Gasteiger partial charge is 0.490 e. The third kappa shape index (κ3) is 4.31. The second-order valence-corrected chi connectivity index (χ2v) is 7.41. The van der Waals surface area contributed by atoms with E-state index in [-0.39, 0.29) is 12.2 Å². The van der Waals surface area contributed by atoms with Gasteiger partial charge >= 0.3 is 0 Å². The highest BCUT2D eigenvalue weighted by Gasteiger charge is 2.34. The number of hydrogen-bond acceptors (Lipinski definition) is 4. The number of ether oxygens (including phenoxy) is 2. The predicted octanol–water partition coefficient (Wildman–Crippen LogP) is 4.08. The van der Waals surface area contributed by atoms with Gasteiger partial charge in [-0.1, -0.05) is 24.1 Å². The Morgan fingerprint density at radius 1 is 1.17 bits per heavy atom. The van der Waals surface area contributed by atoms with Gasteiger partial charge in [0.2, 0.25) is 0 Å². The Hall–Kier alpha value is -2.76. The summed E-state index contributed by atoms with van der Waals surface area (Å²) in [4.78, 5) is 25.2. The van der Waals surface area contributed by atoms with Crippen LogP contribution in [-0.4, -0.2) is 25.0 Å². The molecule has 1 aliphatic heterocycles. The topological polar surface area (TPSA) is 67.9 Å². The van der Waals surface area contributed by atoms with Gasteiger partial charge in [-0.15, -0.1) is 6.42 Å². The van der Waals surface area contributed by atoms with E-state index in [9.17, 15) is 9.59 Å². The van der Waals surface area contributed by atoms with Crippen LogP contribution < -0.4 is 19.9 Å². The fraction of sp³-hybridized carbons (Fsp3) is 0.143. The maximum Gasteiger partial charge on any atom is 0.282 e. The number of nitrogens with zero attached hydrogens (tertiary/aromatic N) is 1. The van der Waals surface area contributed by atoms with Crippen molar-refractivity contribution < 1.29 is 19.1 Å². The summed E-state index contributed by atoms with van der Waals surface area (Å²) < 4.78 is 12.4. The van der Waals surface area contributed by atoms with Gasteiger partial charge in [0.15, 0.2) is 11.5 Å². The van der Waals surface area contributed by atoms with E-state index in [1.54, 1.807) is 30.3 Å². The molecule has 148 valence electrons. The fourth-order valence-electron chi connectivity index (χ4n) is 2.69. The summed E-state index contributed by atoms with van der Waals surface area (Å²) in [5, 5.41) is 1.21. The van der Waals surface area contributed by atoms with E-state index < -0.39 is 11.8 Å². The first-order valence-corrected chi connectivity index (χ1v) is 10.2. The molecular weight excluding hydrogens is 504 g/mol. The summed E-state index contributed by atoms with van der Waals surface area (Å²) in [5.41, 5.74) is 3.72. The minimum Gasteiger partial charge on any atom is -0.490 e. The first kappa shape index (κ1) is 21.0. The van der Waals surface area contributed by atoms with E-state index in [0.29, 0.717) is 38.3 Å². The van der Waals surface area contributed by atoms with Crippen LogP contribution in [0.25, 0.3) is 6.08 Å². The number of amides is 2. The zero-order valence-corrected chi connectivity index (χ0v) is 18.5. The van der Waals surface area contributed by atoms with Crippen LogP contribution >= 0.6 is 31.9 Å². The highest BCUT2D eigenvalue weighted by Crippen LogP contribution is 2.43. The Morgan fingerprint density at radius 2 is 1.90 bits per heavy atom. The smallest absolute Gasteiger partial charge is 0.282 e. The van der Waals surface area contributed by atoms with Crippen LogP contribution in [0.1, 0.15) is 12.5 Å². The van der Waals surface area contributed by atoms with E-state index in [4.69, 9.17) is 15.9 Å². The van der Waals surface area contributed by atoms with Crippen molar-refractivity contribution in [1.82, 2.24) is 5.43 Å². The summed E-state index contributed by atoms with van der Waals surface area (Å²) in [6, 6.07) is 10.6. The average Bonchev–Trinajstić information content (AvgIpc) is 3.00. The lowest BCUT2D eigenvalue weighted by Gasteiger charge is -2.15. The van der Waals surface area contributed by atoms with Crippen molar-refractivity contribution in [3.63, 3.8) is 0 Å². The molecule has 0 unspecified atom stereocenters. The number of halogens is 2. The summed E-state index contributed by atoms with van der Waals surface area (Å²) in [6.07, 6.45) is 6.78. The van der Waals surface area contributed by atoms with Crippen LogP contribution in [0.3, 0.4) is 0 Å². The Morgan fingerprint density at radius 3 is 2.55 bits per heavy atom. The van der Waals surface area contributed by atoms with Crippen molar-refractivity contribution in [3.05, 3.63) is 56.5 Å². The molecule has 0 spiro atoms. The molecule has 8 heteroatoms. The number of terminal acetylenes is 1. The van der Waals surface area contributed by atoms with E-state index in [1.165, 1.54) is 11.1 Å². The molecule has 2 aromatic rings. The second kappa shape index (κ2) is 9.16. The number of hydrogen-bond donors (Lipinski definition) is 1. The van der Waals surface area contributed by atoms with Gasteiger partial charge in [-0.25, -0.2) is 5.01 Å². The van der Waals surface area contributed by atoms with Gasteiger partial charge in [-0.3, -0.25) is 15.0 Å². The summed E-state index contributed by atoms with van der Waals surface area (Å²) >= 11 is 6.94. The molecule has 0 aromatic heterocycles. The second-order valence-electron chi connectivity index (χ2n) is 5.82. The van der Waals surface area contributed by atoms with E-state index in [1.807, 2.05) is 13.0 Å². The maximum atomic E-state index is 12.8. The maximum absolute atomic E-state index is 12.8. The molecule has 0 saturated carbocycles. The molecule has 2 aromatic carbocycles. The van der Waals surface area contributed by atoms with E-state index in [2.05, 4.69) is 43.2 Å². The Balaban J connectivity index is 2.02. The fourth-order valence-corrected chi connectivity index (χ4v) is 3.64. The minimum atomic E-state index is -0.493. The van der Waals surface area contributed by atoms with Crippen molar-refractivity contribution in [2.45, 2.75) is 6.92 Å². The van der Waals surface area contributed by atoms with Gasteiger partial charge in [-0.05, 0) is 68.6 Å². The first-order valence-electron chi connectivity index (χ1n) is 8.61. The van der Waals surface area contributed by atoms with Crippen molar-refractivity contribution in [3.8, 4) is 23.8 Å². The molecule has 0 aliphatic carbocycles. The van der Waals surface area contributed by atoms with Gasteiger partial charge in [-0.2, -0.15) is 0 Å². The van der Waals surface area contributed by atoms with Crippen LogP contribution in [0.4, 0.5) is 5.69 Å². The van der Waals surface area contributed by atoms with Crippen molar-refractivity contribution in [2.75, 3.05) is 18.2 Å². The lowest BCUT2D eigenvalue weighted by molar-refractivity contribution is -0.117. The van der Waals surface area contributed by atoms with Crippen molar-refractivity contribution in [2.24, 2.45) is 0 Å². The van der Waals surface area contributed by atoms with Gasteiger partial charge in [0, 0.05) is 4.47 Å². The lowest BCUT2D eigenvalue weighted by Crippen LogP contribution is -2.35. The van der Waals surface area contributed by atoms with Crippen LogP contribution in [0.15, 0.2) is 50.9 Å². The average molecular weight is 520 g/mol. The normalized spacial score (nSPS) is 14.7. The first-order chi connectivity index (χ1) is 14.0. The van der Waals surface area contributed by atoms with Gasteiger partial charge in [0.25, 0.3) is 11.8 Å². The molecule has 1 N–H and O–H groups in total. The van der Waals surface area contributed by atoms with Crippen LogP contribution in [-0.2, 0) is 9.59 Å². The molecule has 2 amide bonds. The third-order valence-electron chi connectivity index (χ3n) is 3.96. The van der Waals surface area contributed by atoms with Gasteiger partial charge < -0.3 is 9.47 Å². The molecule has 6 nitrogen and oxygen atoms in total. The molecule has 1 heterocycles. The summed E-state index contributed by atoms with van der Waals surface area (Å²) in [7, 11) is 0. The zero-order chi connectivity index (χ0) is 21.0. The molecule has 3 rings (SSSR count). The van der Waals surface area contributed by atoms with Gasteiger partial charge in [0.1, 0.15) is 12.2 Å². The number of para-hydroxylation sites is 1. The number of anilines is 1. The summed E-state index contributed by atoms with van der Waals surface area (Å²) in [6.45, 7) is 2.31. The third-order valence-corrected chi connectivity index (χ3v) is 6.10. The molecule has 0 radical (unpaired) electrons. The Labute approximate surface area is 185 Å². The number of carbonyl (C=O) groups is 2. The molecule has 1 fully saturated rings. The lowest BCUT2D eigenvalue weighted by atomic mass is 10.1. The van der Waals surface area contributed by atoms with E-state index >= 15 is 0 Å². The SMILES string of the molecule is C#CCOc1c(OCC)cc(/C=C2/C(=O)NN(c3ccccc3)C2=O)c(Br)c1Br. The Kier molecular flexibility index (Phi) is 6.62. The highest BCUT2D eigenvalue weighted by atomic mass is 79.9. The zero-order valence-electron chi connectivity index (χ0n) is 15.4. The molecule has 1 aliphatic rings.